The second kappa shape index (κ2) is 8.67. The van der Waals surface area contributed by atoms with Gasteiger partial charge in [-0.05, 0) is 50.7 Å². The zero-order chi connectivity index (χ0) is 22.1. The van der Waals surface area contributed by atoms with Gasteiger partial charge in [0.25, 0.3) is 10.0 Å². The average Bonchev–Trinajstić information content (AvgIpc) is 3.46. The maximum Gasteiger partial charge on any atom is 0.263 e. The molecule has 9 nitrogen and oxygen atoms in total. The minimum atomic E-state index is -3.81. The molecule has 10 heteroatoms. The van der Waals surface area contributed by atoms with Crippen molar-refractivity contribution in [1.82, 2.24) is 19.5 Å². The van der Waals surface area contributed by atoms with Gasteiger partial charge in [0.1, 0.15) is 0 Å². The van der Waals surface area contributed by atoms with Crippen molar-refractivity contribution in [3.05, 3.63) is 36.7 Å². The summed E-state index contributed by atoms with van der Waals surface area (Å²) in [5.41, 5.74) is 7.17. The summed E-state index contributed by atoms with van der Waals surface area (Å²) < 4.78 is 30.7. The molecular weight excluding hydrogens is 426 g/mol. The molecule has 3 aromatic rings. The van der Waals surface area contributed by atoms with Gasteiger partial charge in [-0.1, -0.05) is 31.0 Å². The van der Waals surface area contributed by atoms with Crippen LogP contribution in [-0.2, 0) is 10.0 Å². The summed E-state index contributed by atoms with van der Waals surface area (Å²) in [6, 6.07) is 9.07. The second-order valence-electron chi connectivity index (χ2n) is 8.83. The molecule has 2 fully saturated rings. The minimum Gasteiger partial charge on any atom is -0.351 e. The fraction of sp³-hybridized carbons (Fsp3) is 0.500. The largest absolute Gasteiger partial charge is 0.351 e. The van der Waals surface area contributed by atoms with E-state index in [9.17, 15) is 8.42 Å². The van der Waals surface area contributed by atoms with Gasteiger partial charge in [0, 0.05) is 18.1 Å². The molecule has 2 aromatic heterocycles. The Hall–Kier alpha value is -2.72. The Morgan fingerprint density at radius 2 is 1.69 bits per heavy atom. The van der Waals surface area contributed by atoms with Crippen molar-refractivity contribution in [3.63, 3.8) is 0 Å². The highest BCUT2D eigenvalue weighted by atomic mass is 32.2. The standard InChI is InChI=1S/C22H29N7O2S/c23-15-10-12-16(13-11-15)25-22-26-20(28-32(30,31)18-8-2-1-3-9-18)19-21(27-22)29(14-24-19)17-6-4-5-7-17/h1-3,8-9,14-17H,4-7,10-13,23H2,(H2,25,26,27,28). The Morgan fingerprint density at radius 1 is 0.969 bits per heavy atom. The van der Waals surface area contributed by atoms with E-state index in [-0.39, 0.29) is 22.8 Å². The Kier molecular flexibility index (Phi) is 5.73. The van der Waals surface area contributed by atoms with E-state index in [0.29, 0.717) is 23.2 Å². The van der Waals surface area contributed by atoms with E-state index in [2.05, 4.69) is 24.6 Å². The van der Waals surface area contributed by atoms with Crippen LogP contribution in [0.15, 0.2) is 41.6 Å². The predicted octanol–water partition coefficient (Wildman–Crippen LogP) is 3.42. The molecule has 2 heterocycles. The first kappa shape index (κ1) is 21.1. The molecule has 32 heavy (non-hydrogen) atoms. The van der Waals surface area contributed by atoms with Gasteiger partial charge >= 0.3 is 0 Å². The predicted molar refractivity (Wildman–Crippen MR) is 124 cm³/mol. The van der Waals surface area contributed by atoms with Crippen LogP contribution < -0.4 is 15.8 Å². The summed E-state index contributed by atoms with van der Waals surface area (Å²) in [4.78, 5) is 14.0. The first-order valence-corrected chi connectivity index (χ1v) is 12.8. The van der Waals surface area contributed by atoms with Crippen LogP contribution in [0.4, 0.5) is 11.8 Å². The Labute approximate surface area is 187 Å². The van der Waals surface area contributed by atoms with Gasteiger partial charge in [-0.25, -0.2) is 13.4 Å². The van der Waals surface area contributed by atoms with E-state index in [1.165, 1.54) is 12.8 Å². The number of benzene rings is 1. The Morgan fingerprint density at radius 3 is 2.41 bits per heavy atom. The highest BCUT2D eigenvalue weighted by molar-refractivity contribution is 7.92. The molecule has 0 unspecified atom stereocenters. The molecule has 0 spiro atoms. The van der Waals surface area contributed by atoms with Crippen LogP contribution in [0.2, 0.25) is 0 Å². The van der Waals surface area contributed by atoms with Crippen molar-refractivity contribution in [3.8, 4) is 0 Å². The molecule has 0 aliphatic heterocycles. The van der Waals surface area contributed by atoms with E-state index < -0.39 is 10.0 Å². The van der Waals surface area contributed by atoms with Gasteiger partial charge in [-0.2, -0.15) is 9.97 Å². The zero-order valence-electron chi connectivity index (χ0n) is 17.9. The van der Waals surface area contributed by atoms with Crippen LogP contribution in [0.1, 0.15) is 57.4 Å². The number of imidazole rings is 1. The molecule has 0 bridgehead atoms. The number of rotatable bonds is 6. The fourth-order valence-electron chi connectivity index (χ4n) is 4.73. The molecule has 0 saturated heterocycles. The lowest BCUT2D eigenvalue weighted by Gasteiger charge is -2.27. The summed E-state index contributed by atoms with van der Waals surface area (Å²) in [6.45, 7) is 0. The highest BCUT2D eigenvalue weighted by Gasteiger charge is 2.25. The lowest BCUT2D eigenvalue weighted by atomic mass is 9.92. The van der Waals surface area contributed by atoms with E-state index in [1.807, 2.05) is 0 Å². The minimum absolute atomic E-state index is 0.178. The molecular formula is C22H29N7O2S. The number of nitrogens with zero attached hydrogens (tertiary/aromatic N) is 4. The van der Waals surface area contributed by atoms with Crippen LogP contribution in [0.5, 0.6) is 0 Å². The number of aromatic nitrogens is 4. The molecule has 0 amide bonds. The van der Waals surface area contributed by atoms with E-state index in [0.717, 1.165) is 38.5 Å². The van der Waals surface area contributed by atoms with Crippen LogP contribution in [0.25, 0.3) is 11.2 Å². The number of sulfonamides is 1. The first-order valence-electron chi connectivity index (χ1n) is 11.3. The lowest BCUT2D eigenvalue weighted by Crippen LogP contribution is -2.33. The maximum absolute atomic E-state index is 13.0. The van der Waals surface area contributed by atoms with Gasteiger partial charge in [0.2, 0.25) is 5.95 Å². The maximum atomic E-state index is 13.0. The summed E-state index contributed by atoms with van der Waals surface area (Å²) in [7, 11) is -3.81. The van der Waals surface area contributed by atoms with E-state index >= 15 is 0 Å². The van der Waals surface area contributed by atoms with E-state index in [1.54, 1.807) is 36.7 Å². The zero-order valence-corrected chi connectivity index (χ0v) is 18.8. The summed E-state index contributed by atoms with van der Waals surface area (Å²) in [6.07, 6.45) is 10.0. The number of hydrogen-bond donors (Lipinski definition) is 3. The van der Waals surface area contributed by atoms with Crippen LogP contribution in [-0.4, -0.2) is 40.0 Å². The second-order valence-corrected chi connectivity index (χ2v) is 10.5. The van der Waals surface area contributed by atoms with Gasteiger partial charge in [0.15, 0.2) is 17.0 Å². The summed E-state index contributed by atoms with van der Waals surface area (Å²) in [5.74, 6) is 0.620. The van der Waals surface area contributed by atoms with Crippen molar-refractivity contribution in [2.45, 2.75) is 74.4 Å². The number of hydrogen-bond acceptors (Lipinski definition) is 7. The van der Waals surface area contributed by atoms with Crippen molar-refractivity contribution in [1.29, 1.82) is 0 Å². The van der Waals surface area contributed by atoms with Gasteiger partial charge in [-0.3, -0.25) is 4.72 Å². The SMILES string of the molecule is NC1CCC(Nc2nc(NS(=O)(=O)c3ccccc3)c3ncn(C4CCCC4)c3n2)CC1. The smallest absolute Gasteiger partial charge is 0.263 e. The first-order chi connectivity index (χ1) is 15.5. The quantitative estimate of drug-likeness (QED) is 0.519. The molecule has 170 valence electrons. The van der Waals surface area contributed by atoms with Gasteiger partial charge in [-0.15, -0.1) is 0 Å². The van der Waals surface area contributed by atoms with Crippen molar-refractivity contribution < 1.29 is 8.42 Å². The van der Waals surface area contributed by atoms with Crippen molar-refractivity contribution >= 4 is 33.0 Å². The van der Waals surface area contributed by atoms with Crippen LogP contribution >= 0.6 is 0 Å². The Balaban J connectivity index is 1.53. The van der Waals surface area contributed by atoms with E-state index in [4.69, 9.17) is 10.7 Å². The Bertz CT molecular complexity index is 1180. The molecule has 2 saturated carbocycles. The average molecular weight is 456 g/mol. The highest BCUT2D eigenvalue weighted by Crippen LogP contribution is 2.33. The fourth-order valence-corrected chi connectivity index (χ4v) is 5.76. The number of fused-ring (bicyclic) bond motifs is 1. The molecule has 5 rings (SSSR count). The molecule has 0 atom stereocenters. The molecule has 4 N–H and O–H groups in total. The molecule has 1 aromatic carbocycles. The van der Waals surface area contributed by atoms with Gasteiger partial charge < -0.3 is 15.6 Å². The van der Waals surface area contributed by atoms with Crippen LogP contribution in [0, 0.1) is 0 Å². The molecule has 2 aliphatic carbocycles. The molecule has 2 aliphatic rings. The number of nitrogens with one attached hydrogen (secondary N) is 2. The van der Waals surface area contributed by atoms with Crippen molar-refractivity contribution in [2.24, 2.45) is 5.73 Å². The summed E-state index contributed by atoms with van der Waals surface area (Å²) >= 11 is 0. The molecule has 0 radical (unpaired) electrons. The topological polar surface area (TPSA) is 128 Å². The normalized spacial score (nSPS) is 22.3. The number of anilines is 2. The van der Waals surface area contributed by atoms with Gasteiger partial charge in [0.05, 0.1) is 11.2 Å². The summed E-state index contributed by atoms with van der Waals surface area (Å²) in [5, 5.41) is 3.41. The third-order valence-corrected chi connectivity index (χ3v) is 7.88. The monoisotopic (exact) mass is 455 g/mol. The third-order valence-electron chi connectivity index (χ3n) is 6.53. The number of nitrogens with two attached hydrogens (primary N) is 1. The van der Waals surface area contributed by atoms with Crippen LogP contribution in [0.3, 0.4) is 0 Å². The van der Waals surface area contributed by atoms with Crippen molar-refractivity contribution in [2.75, 3.05) is 10.0 Å². The lowest BCUT2D eigenvalue weighted by molar-refractivity contribution is 0.410. The third kappa shape index (κ3) is 4.29.